The monoisotopic (exact) mass is 300 g/mol. The van der Waals surface area contributed by atoms with Crippen molar-refractivity contribution in [3.05, 3.63) is 21.9 Å². The summed E-state index contributed by atoms with van der Waals surface area (Å²) in [6, 6.07) is 4.10. The zero-order valence-electron chi connectivity index (χ0n) is 7.46. The van der Waals surface area contributed by atoms with Crippen LogP contribution in [0, 0.1) is 3.57 Å². The van der Waals surface area contributed by atoms with E-state index in [0.29, 0.717) is 6.10 Å². The summed E-state index contributed by atoms with van der Waals surface area (Å²) in [4.78, 5) is 0. The molecule has 0 atom stereocenters. The van der Waals surface area contributed by atoms with E-state index in [2.05, 4.69) is 38.9 Å². The van der Waals surface area contributed by atoms with Crippen molar-refractivity contribution in [2.45, 2.75) is 18.9 Å². The van der Waals surface area contributed by atoms with Gasteiger partial charge in [-0.2, -0.15) is 5.10 Å². The van der Waals surface area contributed by atoms with E-state index in [4.69, 9.17) is 4.74 Å². The first kappa shape index (κ1) is 8.52. The first-order valence-corrected chi connectivity index (χ1v) is 5.70. The molecule has 0 unspecified atom stereocenters. The fourth-order valence-electron chi connectivity index (χ4n) is 1.40. The highest BCUT2D eigenvalue weighted by Gasteiger charge is 2.24. The third-order valence-electron chi connectivity index (χ3n) is 2.30. The van der Waals surface area contributed by atoms with Gasteiger partial charge in [-0.3, -0.25) is 5.10 Å². The molecule has 2 aromatic rings. The van der Waals surface area contributed by atoms with Crippen molar-refractivity contribution in [2.75, 3.05) is 0 Å². The van der Waals surface area contributed by atoms with Crippen molar-refractivity contribution in [2.24, 2.45) is 0 Å². The van der Waals surface area contributed by atoms with Gasteiger partial charge in [0.25, 0.3) is 0 Å². The number of hydrogen-bond donors (Lipinski definition) is 1. The molecule has 4 heteroatoms. The van der Waals surface area contributed by atoms with Crippen molar-refractivity contribution in [3.63, 3.8) is 0 Å². The van der Waals surface area contributed by atoms with Gasteiger partial charge in [0.1, 0.15) is 5.75 Å². The van der Waals surface area contributed by atoms with Crippen molar-refractivity contribution in [1.82, 2.24) is 10.2 Å². The highest BCUT2D eigenvalue weighted by atomic mass is 127. The molecule has 0 amide bonds. The molecule has 3 rings (SSSR count). The molecule has 0 aliphatic heterocycles. The summed E-state index contributed by atoms with van der Waals surface area (Å²) in [6.45, 7) is 0. The molecular weight excluding hydrogens is 291 g/mol. The summed E-state index contributed by atoms with van der Waals surface area (Å²) in [5.41, 5.74) is 0.973. The smallest absolute Gasteiger partial charge is 0.135 e. The lowest BCUT2D eigenvalue weighted by atomic mass is 10.2. The van der Waals surface area contributed by atoms with Crippen LogP contribution >= 0.6 is 22.6 Å². The maximum Gasteiger partial charge on any atom is 0.135 e. The van der Waals surface area contributed by atoms with Crippen molar-refractivity contribution >= 4 is 33.5 Å². The van der Waals surface area contributed by atoms with Crippen LogP contribution in [0.4, 0.5) is 0 Å². The number of hydrogen-bond acceptors (Lipinski definition) is 2. The van der Waals surface area contributed by atoms with Crippen LogP contribution in [0.15, 0.2) is 18.3 Å². The van der Waals surface area contributed by atoms with Gasteiger partial charge >= 0.3 is 0 Å². The average Bonchev–Trinajstić information content (AvgIpc) is 2.85. The summed E-state index contributed by atoms with van der Waals surface area (Å²) in [5, 5.41) is 8.13. The first-order valence-electron chi connectivity index (χ1n) is 4.62. The fraction of sp³-hybridized carbons (Fsp3) is 0.300. The third-order valence-corrected chi connectivity index (χ3v) is 3.15. The van der Waals surface area contributed by atoms with Gasteiger partial charge in [0, 0.05) is 17.6 Å². The molecule has 1 saturated carbocycles. The van der Waals surface area contributed by atoms with E-state index in [-0.39, 0.29) is 0 Å². The van der Waals surface area contributed by atoms with Gasteiger partial charge in [0.2, 0.25) is 0 Å². The number of fused-ring (bicyclic) bond motifs is 1. The first-order chi connectivity index (χ1) is 6.83. The van der Waals surface area contributed by atoms with Crippen LogP contribution in [-0.4, -0.2) is 16.3 Å². The molecule has 0 bridgehead atoms. The standard InChI is InChI=1S/C10H9IN2O/c11-8-3-6-5-12-13-9(6)4-10(8)14-7-1-2-7/h3-5,7H,1-2H2,(H,12,13). The summed E-state index contributed by atoms with van der Waals surface area (Å²) in [5.74, 6) is 0.965. The lowest BCUT2D eigenvalue weighted by Gasteiger charge is -2.06. The minimum Gasteiger partial charge on any atom is -0.489 e. The predicted molar refractivity (Wildman–Crippen MR) is 62.5 cm³/mol. The number of nitrogens with zero attached hydrogens (tertiary/aromatic N) is 1. The van der Waals surface area contributed by atoms with Crippen LogP contribution in [0.2, 0.25) is 0 Å². The zero-order valence-corrected chi connectivity index (χ0v) is 9.61. The minimum atomic E-state index is 0.444. The van der Waals surface area contributed by atoms with Gasteiger partial charge in [-0.1, -0.05) is 0 Å². The molecule has 72 valence electrons. The summed E-state index contributed by atoms with van der Waals surface area (Å²) in [7, 11) is 0. The third kappa shape index (κ3) is 1.47. The number of benzene rings is 1. The van der Waals surface area contributed by atoms with Gasteiger partial charge in [-0.25, -0.2) is 0 Å². The Bertz CT molecular complexity index is 476. The summed E-state index contributed by atoms with van der Waals surface area (Å²) in [6.07, 6.45) is 4.72. The summed E-state index contributed by atoms with van der Waals surface area (Å²) < 4.78 is 6.93. The maximum absolute atomic E-state index is 5.77. The van der Waals surface area contributed by atoms with Crippen LogP contribution in [0.3, 0.4) is 0 Å². The average molecular weight is 300 g/mol. The number of rotatable bonds is 2. The second-order valence-corrected chi connectivity index (χ2v) is 4.71. The number of nitrogens with one attached hydrogen (secondary N) is 1. The van der Waals surface area contributed by atoms with Crippen molar-refractivity contribution in [3.8, 4) is 5.75 Å². The Kier molecular flexibility index (Phi) is 1.90. The zero-order chi connectivity index (χ0) is 9.54. The predicted octanol–water partition coefficient (Wildman–Crippen LogP) is 2.71. The number of aromatic nitrogens is 2. The molecule has 1 aromatic heterocycles. The number of aromatic amines is 1. The van der Waals surface area contributed by atoms with Crippen molar-refractivity contribution < 1.29 is 4.74 Å². The summed E-state index contributed by atoms with van der Waals surface area (Å²) >= 11 is 2.30. The largest absolute Gasteiger partial charge is 0.489 e. The molecule has 1 aromatic carbocycles. The Morgan fingerprint density at radius 3 is 3.07 bits per heavy atom. The van der Waals surface area contributed by atoms with Gasteiger partial charge < -0.3 is 4.74 Å². The molecule has 3 nitrogen and oxygen atoms in total. The fourth-order valence-corrected chi connectivity index (χ4v) is 2.02. The molecule has 1 fully saturated rings. The lowest BCUT2D eigenvalue weighted by molar-refractivity contribution is 0.301. The molecule has 0 saturated heterocycles. The Balaban J connectivity index is 2.07. The molecule has 1 aliphatic carbocycles. The van der Waals surface area contributed by atoms with E-state index in [1.807, 2.05) is 12.3 Å². The highest BCUT2D eigenvalue weighted by Crippen LogP contribution is 2.32. The van der Waals surface area contributed by atoms with E-state index in [1.165, 1.54) is 12.8 Å². The molecule has 0 radical (unpaired) electrons. The molecule has 1 heterocycles. The van der Waals surface area contributed by atoms with Crippen LogP contribution in [0.25, 0.3) is 10.9 Å². The highest BCUT2D eigenvalue weighted by molar-refractivity contribution is 14.1. The van der Waals surface area contributed by atoms with E-state index < -0.39 is 0 Å². The molecule has 1 aliphatic rings. The van der Waals surface area contributed by atoms with Crippen molar-refractivity contribution in [1.29, 1.82) is 0 Å². The van der Waals surface area contributed by atoms with Crippen LogP contribution in [-0.2, 0) is 0 Å². The van der Waals surface area contributed by atoms with Crippen LogP contribution in [0.5, 0.6) is 5.75 Å². The molecular formula is C10H9IN2O. The number of ether oxygens (including phenoxy) is 1. The second kappa shape index (κ2) is 3.12. The Hall–Kier alpha value is -0.780. The van der Waals surface area contributed by atoms with E-state index in [9.17, 15) is 0 Å². The maximum atomic E-state index is 5.77. The van der Waals surface area contributed by atoms with Gasteiger partial charge in [-0.15, -0.1) is 0 Å². The van der Waals surface area contributed by atoms with Crippen LogP contribution in [0.1, 0.15) is 12.8 Å². The molecule has 14 heavy (non-hydrogen) atoms. The number of halogens is 1. The second-order valence-electron chi connectivity index (χ2n) is 3.54. The molecule has 1 N–H and O–H groups in total. The normalized spacial score (nSPS) is 16.1. The van der Waals surface area contributed by atoms with Crippen LogP contribution < -0.4 is 4.74 Å². The van der Waals surface area contributed by atoms with Gasteiger partial charge in [0.05, 0.1) is 15.2 Å². The van der Waals surface area contributed by atoms with E-state index in [0.717, 1.165) is 20.2 Å². The quantitative estimate of drug-likeness (QED) is 0.866. The number of H-pyrrole nitrogens is 1. The van der Waals surface area contributed by atoms with Gasteiger partial charge in [0.15, 0.2) is 0 Å². The Labute approximate surface area is 95.0 Å². The lowest BCUT2D eigenvalue weighted by Crippen LogP contribution is -1.97. The molecule has 0 spiro atoms. The topological polar surface area (TPSA) is 37.9 Å². The minimum absolute atomic E-state index is 0.444. The van der Waals surface area contributed by atoms with E-state index in [1.54, 1.807) is 0 Å². The SMILES string of the molecule is Ic1cc2c[nH]nc2cc1OC1CC1. The Morgan fingerprint density at radius 2 is 2.29 bits per heavy atom. The Morgan fingerprint density at radius 1 is 1.43 bits per heavy atom. The van der Waals surface area contributed by atoms with E-state index >= 15 is 0 Å². The van der Waals surface area contributed by atoms with Gasteiger partial charge in [-0.05, 0) is 41.5 Å².